The zero-order chi connectivity index (χ0) is 24.0. The van der Waals surface area contributed by atoms with Crippen molar-refractivity contribution in [1.82, 2.24) is 19.8 Å². The molecule has 1 aliphatic heterocycles. The van der Waals surface area contributed by atoms with E-state index in [1.807, 2.05) is 0 Å². The number of carbonyl (C=O) groups excluding carboxylic acids is 2. The third-order valence-corrected chi connectivity index (χ3v) is 6.04. The molecular formula is C24H33N5O4. The van der Waals surface area contributed by atoms with Gasteiger partial charge < -0.3 is 19.7 Å². The van der Waals surface area contributed by atoms with Crippen LogP contribution in [0.4, 0.5) is 5.69 Å². The van der Waals surface area contributed by atoms with Crippen molar-refractivity contribution >= 4 is 17.5 Å². The van der Waals surface area contributed by atoms with E-state index in [9.17, 15) is 9.59 Å². The van der Waals surface area contributed by atoms with Crippen LogP contribution in [0.3, 0.4) is 0 Å². The summed E-state index contributed by atoms with van der Waals surface area (Å²) in [6.45, 7) is 8.97. The fourth-order valence-corrected chi connectivity index (χ4v) is 3.98. The van der Waals surface area contributed by atoms with E-state index >= 15 is 0 Å². The number of methoxy groups -OCH3 is 1. The van der Waals surface area contributed by atoms with Gasteiger partial charge in [0.25, 0.3) is 11.8 Å². The molecule has 0 fully saturated rings. The lowest BCUT2D eigenvalue weighted by atomic mass is 10.0. The van der Waals surface area contributed by atoms with Crippen molar-refractivity contribution in [1.29, 1.82) is 0 Å². The number of hydrogen-bond donors (Lipinski definition) is 1. The SMILES string of the molecule is CCN1C[C@@H](C)[C@H](OC)CN(C)C(=O)c2ccc(NC(=O)c3cnccn3)cc2OC[C@H]1C. The normalized spacial score (nSPS) is 22.5. The summed E-state index contributed by atoms with van der Waals surface area (Å²) in [7, 11) is 3.45. The van der Waals surface area contributed by atoms with E-state index in [-0.39, 0.29) is 35.6 Å². The van der Waals surface area contributed by atoms with Crippen molar-refractivity contribution in [2.24, 2.45) is 5.92 Å². The molecule has 1 aromatic carbocycles. The Labute approximate surface area is 195 Å². The second kappa shape index (κ2) is 11.2. The van der Waals surface area contributed by atoms with Crippen LogP contribution < -0.4 is 10.1 Å². The van der Waals surface area contributed by atoms with Crippen LogP contribution in [-0.4, -0.2) is 84.1 Å². The van der Waals surface area contributed by atoms with Crippen molar-refractivity contribution in [2.75, 3.05) is 45.7 Å². The Hall–Kier alpha value is -3.04. The zero-order valence-electron chi connectivity index (χ0n) is 19.9. The van der Waals surface area contributed by atoms with E-state index in [2.05, 4.69) is 41.0 Å². The molecule has 3 atom stereocenters. The second-order valence-corrected chi connectivity index (χ2v) is 8.44. The standard InChI is InChI=1S/C24H33N5O4/c1-6-29-13-16(2)22(32-5)14-28(4)24(31)19-8-7-18(11-21(19)33-15-17(29)3)27-23(30)20-12-25-9-10-26-20/h7-12,16-17,22H,6,13-15H2,1-5H3,(H,27,30)/t16-,17-,22-/m1/s1. The Morgan fingerprint density at radius 1 is 1.27 bits per heavy atom. The minimum Gasteiger partial charge on any atom is -0.491 e. The summed E-state index contributed by atoms with van der Waals surface area (Å²) in [4.78, 5) is 37.7. The van der Waals surface area contributed by atoms with Crippen LogP contribution in [0.5, 0.6) is 5.75 Å². The molecular weight excluding hydrogens is 422 g/mol. The number of ether oxygens (including phenoxy) is 2. The van der Waals surface area contributed by atoms with Crippen LogP contribution in [0.2, 0.25) is 0 Å². The molecule has 1 N–H and O–H groups in total. The molecule has 9 heteroatoms. The molecule has 1 aromatic heterocycles. The molecule has 2 heterocycles. The Kier molecular flexibility index (Phi) is 8.35. The number of benzene rings is 1. The lowest BCUT2D eigenvalue weighted by Crippen LogP contribution is -2.46. The topological polar surface area (TPSA) is 96.9 Å². The molecule has 2 amide bonds. The smallest absolute Gasteiger partial charge is 0.275 e. The molecule has 1 aliphatic rings. The number of nitrogens with one attached hydrogen (secondary N) is 1. The number of aromatic nitrogens is 2. The molecule has 0 aliphatic carbocycles. The first-order valence-corrected chi connectivity index (χ1v) is 11.2. The molecule has 0 bridgehead atoms. The van der Waals surface area contributed by atoms with E-state index in [0.29, 0.717) is 30.2 Å². The van der Waals surface area contributed by atoms with Crippen LogP contribution in [0.15, 0.2) is 36.8 Å². The summed E-state index contributed by atoms with van der Waals surface area (Å²) in [6, 6.07) is 5.18. The molecule has 9 nitrogen and oxygen atoms in total. The Morgan fingerprint density at radius 3 is 2.73 bits per heavy atom. The summed E-state index contributed by atoms with van der Waals surface area (Å²) in [5, 5.41) is 2.80. The van der Waals surface area contributed by atoms with Crippen molar-refractivity contribution in [3.8, 4) is 5.75 Å². The quantitative estimate of drug-likeness (QED) is 0.757. The summed E-state index contributed by atoms with van der Waals surface area (Å²) >= 11 is 0. The molecule has 0 unspecified atom stereocenters. The highest BCUT2D eigenvalue weighted by Crippen LogP contribution is 2.27. The van der Waals surface area contributed by atoms with Gasteiger partial charge in [-0.05, 0) is 31.5 Å². The molecule has 33 heavy (non-hydrogen) atoms. The number of nitrogens with zero attached hydrogens (tertiary/aromatic N) is 4. The number of likely N-dealkylation sites (N-methyl/N-ethyl adjacent to an activating group) is 2. The minimum absolute atomic E-state index is 0.0884. The molecule has 3 rings (SSSR count). The lowest BCUT2D eigenvalue weighted by Gasteiger charge is -2.35. The number of rotatable bonds is 4. The Morgan fingerprint density at radius 2 is 2.06 bits per heavy atom. The van der Waals surface area contributed by atoms with E-state index in [4.69, 9.17) is 9.47 Å². The maximum atomic E-state index is 13.3. The summed E-state index contributed by atoms with van der Waals surface area (Å²) in [6.07, 6.45) is 4.27. The highest BCUT2D eigenvalue weighted by atomic mass is 16.5. The second-order valence-electron chi connectivity index (χ2n) is 8.44. The highest BCUT2D eigenvalue weighted by molar-refractivity contribution is 6.03. The largest absolute Gasteiger partial charge is 0.491 e. The Balaban J connectivity index is 1.91. The van der Waals surface area contributed by atoms with E-state index in [1.54, 1.807) is 37.3 Å². The first kappa shape index (κ1) is 24.6. The predicted octanol–water partition coefficient (Wildman–Crippen LogP) is 2.55. The Bertz CT molecular complexity index is 955. The van der Waals surface area contributed by atoms with Gasteiger partial charge >= 0.3 is 0 Å². The molecule has 0 spiro atoms. The third-order valence-electron chi connectivity index (χ3n) is 6.04. The molecule has 178 valence electrons. The number of amides is 2. The maximum Gasteiger partial charge on any atom is 0.275 e. The average Bonchev–Trinajstić information content (AvgIpc) is 2.83. The first-order chi connectivity index (χ1) is 15.8. The van der Waals surface area contributed by atoms with Gasteiger partial charge in [0.1, 0.15) is 18.1 Å². The van der Waals surface area contributed by atoms with Crippen molar-refractivity contribution in [2.45, 2.75) is 32.9 Å². The minimum atomic E-state index is -0.387. The molecule has 0 saturated heterocycles. The monoisotopic (exact) mass is 455 g/mol. The zero-order valence-corrected chi connectivity index (χ0v) is 19.9. The highest BCUT2D eigenvalue weighted by Gasteiger charge is 2.28. The van der Waals surface area contributed by atoms with Crippen LogP contribution >= 0.6 is 0 Å². The summed E-state index contributed by atoms with van der Waals surface area (Å²) in [5.74, 6) is 0.119. The molecule has 0 radical (unpaired) electrons. The summed E-state index contributed by atoms with van der Waals surface area (Å²) < 4.78 is 11.9. The number of fused-ring (bicyclic) bond motifs is 1. The maximum absolute atomic E-state index is 13.3. The van der Waals surface area contributed by atoms with Crippen LogP contribution in [-0.2, 0) is 4.74 Å². The van der Waals surface area contributed by atoms with Gasteiger partial charge in [-0.2, -0.15) is 0 Å². The van der Waals surface area contributed by atoms with Gasteiger partial charge in [0.2, 0.25) is 0 Å². The van der Waals surface area contributed by atoms with Crippen molar-refractivity contribution in [3.63, 3.8) is 0 Å². The van der Waals surface area contributed by atoms with E-state index in [0.717, 1.165) is 13.1 Å². The summed E-state index contributed by atoms with van der Waals surface area (Å²) in [5.41, 5.74) is 1.15. The van der Waals surface area contributed by atoms with Gasteiger partial charge in [-0.3, -0.25) is 19.5 Å². The number of carbonyl (C=O) groups is 2. The van der Waals surface area contributed by atoms with Gasteiger partial charge in [0.15, 0.2) is 0 Å². The van der Waals surface area contributed by atoms with E-state index < -0.39 is 0 Å². The van der Waals surface area contributed by atoms with Gasteiger partial charge in [-0.1, -0.05) is 13.8 Å². The van der Waals surface area contributed by atoms with Crippen LogP contribution in [0, 0.1) is 5.92 Å². The van der Waals surface area contributed by atoms with E-state index in [1.165, 1.54) is 18.6 Å². The first-order valence-electron chi connectivity index (χ1n) is 11.2. The third kappa shape index (κ3) is 6.06. The number of anilines is 1. The fraction of sp³-hybridized carbons (Fsp3) is 0.500. The van der Waals surface area contributed by atoms with Crippen LogP contribution in [0.1, 0.15) is 41.6 Å². The van der Waals surface area contributed by atoms with Gasteiger partial charge in [-0.15, -0.1) is 0 Å². The molecule has 2 aromatic rings. The van der Waals surface area contributed by atoms with Crippen molar-refractivity contribution < 1.29 is 19.1 Å². The predicted molar refractivity (Wildman–Crippen MR) is 126 cm³/mol. The molecule has 0 saturated carbocycles. The van der Waals surface area contributed by atoms with Gasteiger partial charge in [-0.25, -0.2) is 4.98 Å². The average molecular weight is 456 g/mol. The van der Waals surface area contributed by atoms with Gasteiger partial charge in [0.05, 0.1) is 17.9 Å². The van der Waals surface area contributed by atoms with Gasteiger partial charge in [0, 0.05) is 57.4 Å². The number of hydrogen-bond acceptors (Lipinski definition) is 7. The fourth-order valence-electron chi connectivity index (χ4n) is 3.98. The van der Waals surface area contributed by atoms with Crippen molar-refractivity contribution in [3.05, 3.63) is 48.0 Å². The van der Waals surface area contributed by atoms with Crippen LogP contribution in [0.25, 0.3) is 0 Å². The lowest BCUT2D eigenvalue weighted by molar-refractivity contribution is 0.0116.